The van der Waals surface area contributed by atoms with Gasteiger partial charge in [0.2, 0.25) is 5.91 Å². The summed E-state index contributed by atoms with van der Waals surface area (Å²) in [6, 6.07) is 16.1. The lowest BCUT2D eigenvalue weighted by Gasteiger charge is -2.24. The fourth-order valence-corrected chi connectivity index (χ4v) is 3.33. The first-order chi connectivity index (χ1) is 12.6. The van der Waals surface area contributed by atoms with Gasteiger partial charge in [0, 0.05) is 29.7 Å². The van der Waals surface area contributed by atoms with Crippen LogP contribution >= 0.6 is 15.9 Å². The Morgan fingerprint density at radius 1 is 1.00 bits per heavy atom. The molecule has 2 aromatic rings. The first-order valence-corrected chi connectivity index (χ1v) is 9.57. The number of hydrogen-bond donors (Lipinski definition) is 2. The molecule has 0 unspecified atom stereocenters. The fraction of sp³-hybridized carbons (Fsp3) is 0.300. The SMILES string of the molecule is O=C(Nc1ccc(Br)cc1)N[C@H](Cc1ccccc1)C(=O)N1CCCC1. The normalized spacial score (nSPS) is 14.7. The minimum atomic E-state index is -0.578. The van der Waals surface area contributed by atoms with Gasteiger partial charge in [-0.1, -0.05) is 46.3 Å². The van der Waals surface area contributed by atoms with Gasteiger partial charge >= 0.3 is 6.03 Å². The molecule has 0 saturated carbocycles. The number of likely N-dealkylation sites (tertiary alicyclic amines) is 1. The summed E-state index contributed by atoms with van der Waals surface area (Å²) in [6.45, 7) is 1.53. The van der Waals surface area contributed by atoms with E-state index in [0.717, 1.165) is 36.0 Å². The highest BCUT2D eigenvalue weighted by molar-refractivity contribution is 9.10. The standard InChI is InChI=1S/C20H22BrN3O2/c21-16-8-10-17(11-9-16)22-20(26)23-18(14-15-6-2-1-3-7-15)19(25)24-12-4-5-13-24/h1-3,6-11,18H,4-5,12-14H2,(H2,22,23,26)/t18-/m1/s1. The molecule has 1 heterocycles. The van der Waals surface area contributed by atoms with Crippen molar-refractivity contribution in [3.8, 4) is 0 Å². The van der Waals surface area contributed by atoms with Crippen LogP contribution in [0.1, 0.15) is 18.4 Å². The van der Waals surface area contributed by atoms with Crippen molar-refractivity contribution in [3.63, 3.8) is 0 Å². The molecule has 0 spiro atoms. The maximum absolute atomic E-state index is 12.9. The Hall–Kier alpha value is -2.34. The minimum absolute atomic E-state index is 0.0164. The van der Waals surface area contributed by atoms with Crippen molar-refractivity contribution in [3.05, 3.63) is 64.6 Å². The molecule has 3 rings (SSSR count). The van der Waals surface area contributed by atoms with Gasteiger partial charge in [0.25, 0.3) is 0 Å². The molecule has 1 aliphatic rings. The van der Waals surface area contributed by atoms with Crippen molar-refractivity contribution in [2.45, 2.75) is 25.3 Å². The molecular formula is C20H22BrN3O2. The van der Waals surface area contributed by atoms with Crippen LogP contribution in [0.5, 0.6) is 0 Å². The monoisotopic (exact) mass is 415 g/mol. The number of nitrogens with one attached hydrogen (secondary N) is 2. The van der Waals surface area contributed by atoms with Gasteiger partial charge in [-0.05, 0) is 42.7 Å². The summed E-state index contributed by atoms with van der Waals surface area (Å²) < 4.78 is 0.939. The zero-order chi connectivity index (χ0) is 18.4. The maximum atomic E-state index is 12.9. The molecule has 6 heteroatoms. The largest absolute Gasteiger partial charge is 0.341 e. The number of carbonyl (C=O) groups excluding carboxylic acids is 2. The molecule has 3 amide bonds. The Morgan fingerprint density at radius 3 is 2.31 bits per heavy atom. The van der Waals surface area contributed by atoms with Crippen LogP contribution in [-0.2, 0) is 11.2 Å². The Morgan fingerprint density at radius 2 is 1.65 bits per heavy atom. The summed E-state index contributed by atoms with van der Waals surface area (Å²) in [6.07, 6.45) is 2.52. The van der Waals surface area contributed by atoms with Crippen LogP contribution in [0.2, 0.25) is 0 Å². The number of rotatable bonds is 5. The summed E-state index contributed by atoms with van der Waals surface area (Å²) in [5.41, 5.74) is 1.70. The highest BCUT2D eigenvalue weighted by Crippen LogP contribution is 2.15. The molecule has 0 bridgehead atoms. The Kier molecular flexibility index (Phi) is 6.28. The molecule has 1 fully saturated rings. The Bertz CT molecular complexity index is 743. The minimum Gasteiger partial charge on any atom is -0.341 e. The Labute approximate surface area is 161 Å². The third-order valence-electron chi connectivity index (χ3n) is 4.41. The second-order valence-electron chi connectivity index (χ2n) is 6.38. The lowest BCUT2D eigenvalue weighted by atomic mass is 10.0. The van der Waals surface area contributed by atoms with E-state index in [4.69, 9.17) is 0 Å². The van der Waals surface area contributed by atoms with Gasteiger partial charge in [0.1, 0.15) is 6.04 Å². The number of nitrogens with zero attached hydrogens (tertiary/aromatic N) is 1. The van der Waals surface area contributed by atoms with Gasteiger partial charge < -0.3 is 15.5 Å². The highest BCUT2D eigenvalue weighted by atomic mass is 79.9. The van der Waals surface area contributed by atoms with Gasteiger partial charge in [0.05, 0.1) is 0 Å². The second-order valence-corrected chi connectivity index (χ2v) is 7.30. The van der Waals surface area contributed by atoms with Gasteiger partial charge in [-0.15, -0.1) is 0 Å². The van der Waals surface area contributed by atoms with Crippen LogP contribution in [0, 0.1) is 0 Å². The Balaban J connectivity index is 1.68. The third-order valence-corrected chi connectivity index (χ3v) is 4.93. The van der Waals surface area contributed by atoms with E-state index in [0.29, 0.717) is 12.1 Å². The lowest BCUT2D eigenvalue weighted by Crippen LogP contribution is -2.50. The van der Waals surface area contributed by atoms with Gasteiger partial charge in [-0.2, -0.15) is 0 Å². The molecule has 1 saturated heterocycles. The van der Waals surface area contributed by atoms with Crippen LogP contribution in [-0.4, -0.2) is 36.0 Å². The van der Waals surface area contributed by atoms with E-state index in [2.05, 4.69) is 26.6 Å². The highest BCUT2D eigenvalue weighted by Gasteiger charge is 2.28. The van der Waals surface area contributed by atoms with Crippen molar-refractivity contribution in [1.29, 1.82) is 0 Å². The lowest BCUT2D eigenvalue weighted by molar-refractivity contribution is -0.132. The van der Waals surface area contributed by atoms with Crippen LogP contribution in [0.25, 0.3) is 0 Å². The van der Waals surface area contributed by atoms with Crippen molar-refractivity contribution in [2.75, 3.05) is 18.4 Å². The molecule has 26 heavy (non-hydrogen) atoms. The predicted octanol–water partition coefficient (Wildman–Crippen LogP) is 3.80. The molecule has 1 aliphatic heterocycles. The summed E-state index contributed by atoms with van der Waals surface area (Å²) in [4.78, 5) is 27.1. The fourth-order valence-electron chi connectivity index (χ4n) is 3.07. The first-order valence-electron chi connectivity index (χ1n) is 8.77. The number of carbonyl (C=O) groups is 2. The van der Waals surface area contributed by atoms with Crippen LogP contribution in [0.15, 0.2) is 59.1 Å². The van der Waals surface area contributed by atoms with Crippen molar-refractivity contribution in [1.82, 2.24) is 10.2 Å². The molecule has 1 atom stereocenters. The number of benzene rings is 2. The average Bonchev–Trinajstić information content (AvgIpc) is 3.18. The van der Waals surface area contributed by atoms with Gasteiger partial charge in [-0.3, -0.25) is 4.79 Å². The molecule has 2 N–H and O–H groups in total. The van der Waals surface area contributed by atoms with Crippen molar-refractivity contribution in [2.24, 2.45) is 0 Å². The molecule has 2 aromatic carbocycles. The van der Waals surface area contributed by atoms with E-state index in [9.17, 15) is 9.59 Å². The van der Waals surface area contributed by atoms with E-state index in [-0.39, 0.29) is 11.9 Å². The number of anilines is 1. The zero-order valence-electron chi connectivity index (χ0n) is 14.5. The second kappa shape index (κ2) is 8.85. The van der Waals surface area contributed by atoms with Crippen molar-refractivity contribution >= 4 is 33.6 Å². The predicted molar refractivity (Wildman–Crippen MR) is 106 cm³/mol. The number of hydrogen-bond acceptors (Lipinski definition) is 2. The van der Waals surface area contributed by atoms with E-state index in [1.54, 1.807) is 12.1 Å². The summed E-state index contributed by atoms with van der Waals surface area (Å²) in [5, 5.41) is 5.64. The van der Waals surface area contributed by atoms with Crippen LogP contribution in [0.3, 0.4) is 0 Å². The molecule has 0 aliphatic carbocycles. The maximum Gasteiger partial charge on any atom is 0.319 e. The quantitative estimate of drug-likeness (QED) is 0.779. The van der Waals surface area contributed by atoms with Crippen LogP contribution in [0.4, 0.5) is 10.5 Å². The molecule has 136 valence electrons. The number of amides is 3. The number of halogens is 1. The smallest absolute Gasteiger partial charge is 0.319 e. The number of urea groups is 1. The first kappa shape index (κ1) is 18.5. The molecule has 0 radical (unpaired) electrons. The van der Waals surface area contributed by atoms with Gasteiger partial charge in [-0.25, -0.2) is 4.79 Å². The third kappa shape index (κ3) is 5.08. The summed E-state index contributed by atoms with van der Waals surface area (Å²) in [7, 11) is 0. The van der Waals surface area contributed by atoms with Crippen LogP contribution < -0.4 is 10.6 Å². The van der Waals surface area contributed by atoms with E-state index in [1.807, 2.05) is 47.4 Å². The molecular weight excluding hydrogens is 394 g/mol. The molecule has 0 aromatic heterocycles. The van der Waals surface area contributed by atoms with Gasteiger partial charge in [0.15, 0.2) is 0 Å². The van der Waals surface area contributed by atoms with Crippen molar-refractivity contribution < 1.29 is 9.59 Å². The van der Waals surface area contributed by atoms with E-state index in [1.165, 1.54) is 0 Å². The van der Waals surface area contributed by atoms with E-state index < -0.39 is 6.04 Å². The molecule has 5 nitrogen and oxygen atoms in total. The van der Waals surface area contributed by atoms with E-state index >= 15 is 0 Å². The summed E-state index contributed by atoms with van der Waals surface area (Å²) >= 11 is 3.37. The summed E-state index contributed by atoms with van der Waals surface area (Å²) in [5.74, 6) is -0.0164. The zero-order valence-corrected chi connectivity index (χ0v) is 16.0. The topological polar surface area (TPSA) is 61.4 Å². The average molecular weight is 416 g/mol.